The third kappa shape index (κ3) is 3.30. The molecule has 0 saturated heterocycles. The zero-order chi connectivity index (χ0) is 14.0. The topological polar surface area (TPSA) is 87.2 Å². The number of benzene rings is 1. The maximum atomic E-state index is 12.8. The van der Waals surface area contributed by atoms with Crippen molar-refractivity contribution in [3.8, 4) is 0 Å². The Labute approximate surface area is 111 Å². The third-order valence-corrected chi connectivity index (χ3v) is 4.94. The zero-order valence-corrected chi connectivity index (χ0v) is 11.2. The average Bonchev–Trinajstić information content (AvgIpc) is 3.13. The predicted molar refractivity (Wildman–Crippen MR) is 69.8 cm³/mol. The van der Waals surface area contributed by atoms with Gasteiger partial charge < -0.3 is 5.73 Å². The SMILES string of the molecule is N=C(N)CCN(C1CC1)S(=O)(=O)c1ccc(F)cc1. The minimum Gasteiger partial charge on any atom is -0.388 e. The van der Waals surface area contributed by atoms with Gasteiger partial charge in [-0.1, -0.05) is 0 Å². The summed E-state index contributed by atoms with van der Waals surface area (Å²) in [4.78, 5) is 0.0735. The molecule has 3 N–H and O–H groups in total. The van der Waals surface area contributed by atoms with E-state index in [9.17, 15) is 12.8 Å². The summed E-state index contributed by atoms with van der Waals surface area (Å²) in [5, 5.41) is 7.19. The molecular weight excluding hydrogens is 269 g/mol. The molecule has 1 aliphatic carbocycles. The lowest BCUT2D eigenvalue weighted by Gasteiger charge is -2.21. The van der Waals surface area contributed by atoms with Crippen LogP contribution in [0.4, 0.5) is 4.39 Å². The summed E-state index contributed by atoms with van der Waals surface area (Å²) in [5.41, 5.74) is 5.28. The number of nitrogens with one attached hydrogen (secondary N) is 1. The summed E-state index contributed by atoms with van der Waals surface area (Å²) in [6.07, 6.45) is 1.84. The van der Waals surface area contributed by atoms with Crippen LogP contribution >= 0.6 is 0 Å². The van der Waals surface area contributed by atoms with Gasteiger partial charge in [-0.05, 0) is 37.1 Å². The van der Waals surface area contributed by atoms with Crippen LogP contribution in [-0.2, 0) is 10.0 Å². The molecule has 0 aliphatic heterocycles. The minimum atomic E-state index is -3.64. The summed E-state index contributed by atoms with van der Waals surface area (Å²) in [6, 6.07) is 4.75. The van der Waals surface area contributed by atoms with Crippen LogP contribution in [0.2, 0.25) is 0 Å². The number of hydrogen-bond donors (Lipinski definition) is 2. The predicted octanol–water partition coefficient (Wildman–Crippen LogP) is 1.30. The second-order valence-corrected chi connectivity index (χ2v) is 6.47. The Morgan fingerprint density at radius 3 is 2.42 bits per heavy atom. The Balaban J connectivity index is 2.23. The molecule has 0 unspecified atom stereocenters. The number of halogens is 1. The Bertz CT molecular complexity index is 567. The molecule has 0 aromatic heterocycles. The largest absolute Gasteiger partial charge is 0.388 e. The van der Waals surface area contributed by atoms with Crippen LogP contribution in [0.5, 0.6) is 0 Å². The first-order valence-corrected chi connectivity index (χ1v) is 7.45. The number of nitrogens with two attached hydrogens (primary N) is 1. The second-order valence-electron chi connectivity index (χ2n) is 4.58. The molecule has 0 amide bonds. The average molecular weight is 285 g/mol. The Morgan fingerprint density at radius 1 is 1.37 bits per heavy atom. The highest BCUT2D eigenvalue weighted by atomic mass is 32.2. The summed E-state index contributed by atoms with van der Waals surface area (Å²) in [5.74, 6) is -0.513. The molecule has 0 radical (unpaired) electrons. The van der Waals surface area contributed by atoms with Gasteiger partial charge in [-0.2, -0.15) is 4.31 Å². The van der Waals surface area contributed by atoms with E-state index in [0.717, 1.165) is 25.0 Å². The van der Waals surface area contributed by atoms with Crippen LogP contribution in [-0.4, -0.2) is 31.1 Å². The molecule has 1 saturated carbocycles. The van der Waals surface area contributed by atoms with Crippen molar-refractivity contribution in [2.75, 3.05) is 6.54 Å². The smallest absolute Gasteiger partial charge is 0.243 e. The summed E-state index contributed by atoms with van der Waals surface area (Å²) in [6.45, 7) is 0.194. The van der Waals surface area contributed by atoms with Crippen LogP contribution in [0, 0.1) is 11.2 Å². The molecule has 0 atom stereocenters. The number of sulfonamides is 1. The standard InChI is InChI=1S/C12H16FN3O2S/c13-9-1-5-11(6-2-9)19(17,18)16(10-3-4-10)8-7-12(14)15/h1-2,5-6,10H,3-4,7-8H2,(H3,14,15). The van der Waals surface area contributed by atoms with Crippen LogP contribution < -0.4 is 5.73 Å². The van der Waals surface area contributed by atoms with E-state index in [-0.39, 0.29) is 29.7 Å². The molecule has 7 heteroatoms. The van der Waals surface area contributed by atoms with E-state index >= 15 is 0 Å². The van der Waals surface area contributed by atoms with Gasteiger partial charge in [-0.25, -0.2) is 12.8 Å². The first-order chi connectivity index (χ1) is 8.91. The number of amidine groups is 1. The van der Waals surface area contributed by atoms with Gasteiger partial charge in [0.1, 0.15) is 5.82 Å². The van der Waals surface area contributed by atoms with E-state index in [4.69, 9.17) is 11.1 Å². The van der Waals surface area contributed by atoms with Crippen molar-refractivity contribution in [2.45, 2.75) is 30.2 Å². The lowest BCUT2D eigenvalue weighted by atomic mass is 10.4. The maximum absolute atomic E-state index is 12.8. The zero-order valence-electron chi connectivity index (χ0n) is 10.3. The molecule has 1 aromatic rings. The van der Waals surface area contributed by atoms with Gasteiger partial charge in [0.05, 0.1) is 10.7 Å². The quantitative estimate of drug-likeness (QED) is 0.610. The summed E-state index contributed by atoms with van der Waals surface area (Å²) >= 11 is 0. The molecule has 19 heavy (non-hydrogen) atoms. The fourth-order valence-electron chi connectivity index (χ4n) is 1.83. The fourth-order valence-corrected chi connectivity index (χ4v) is 3.52. The first-order valence-electron chi connectivity index (χ1n) is 6.01. The normalized spacial score (nSPS) is 15.7. The molecular formula is C12H16FN3O2S. The number of rotatable bonds is 6. The highest BCUT2D eigenvalue weighted by molar-refractivity contribution is 7.89. The lowest BCUT2D eigenvalue weighted by molar-refractivity contribution is 0.412. The fraction of sp³-hybridized carbons (Fsp3) is 0.417. The highest BCUT2D eigenvalue weighted by Crippen LogP contribution is 2.32. The Kier molecular flexibility index (Phi) is 3.86. The Hall–Kier alpha value is -1.47. The Morgan fingerprint density at radius 2 is 1.95 bits per heavy atom. The van der Waals surface area contributed by atoms with Gasteiger partial charge in [0.15, 0.2) is 0 Å². The van der Waals surface area contributed by atoms with Gasteiger partial charge in [-0.15, -0.1) is 0 Å². The highest BCUT2D eigenvalue weighted by Gasteiger charge is 2.37. The van der Waals surface area contributed by atoms with E-state index < -0.39 is 15.8 Å². The maximum Gasteiger partial charge on any atom is 0.243 e. The van der Waals surface area contributed by atoms with E-state index in [1.54, 1.807) is 0 Å². The van der Waals surface area contributed by atoms with Crippen molar-refractivity contribution in [1.29, 1.82) is 5.41 Å². The number of nitrogens with zero attached hydrogens (tertiary/aromatic N) is 1. The van der Waals surface area contributed by atoms with Crippen molar-refractivity contribution < 1.29 is 12.8 Å². The van der Waals surface area contributed by atoms with E-state index in [1.807, 2.05) is 0 Å². The van der Waals surface area contributed by atoms with E-state index in [0.29, 0.717) is 0 Å². The molecule has 104 valence electrons. The summed E-state index contributed by atoms with van der Waals surface area (Å²) < 4.78 is 39.1. The van der Waals surface area contributed by atoms with E-state index in [2.05, 4.69) is 0 Å². The molecule has 2 rings (SSSR count). The first kappa shape index (κ1) is 14.0. The van der Waals surface area contributed by atoms with Crippen LogP contribution in [0.15, 0.2) is 29.2 Å². The monoisotopic (exact) mass is 285 g/mol. The van der Waals surface area contributed by atoms with Gasteiger partial charge in [0, 0.05) is 19.0 Å². The van der Waals surface area contributed by atoms with Gasteiger partial charge in [0.2, 0.25) is 10.0 Å². The lowest BCUT2D eigenvalue weighted by Crippen LogP contribution is -2.35. The molecule has 1 aromatic carbocycles. The van der Waals surface area contributed by atoms with Crippen LogP contribution in [0.25, 0.3) is 0 Å². The van der Waals surface area contributed by atoms with Crippen molar-refractivity contribution in [3.63, 3.8) is 0 Å². The van der Waals surface area contributed by atoms with Gasteiger partial charge >= 0.3 is 0 Å². The number of hydrogen-bond acceptors (Lipinski definition) is 3. The molecule has 1 aliphatic rings. The van der Waals surface area contributed by atoms with Crippen LogP contribution in [0.3, 0.4) is 0 Å². The second kappa shape index (κ2) is 5.26. The molecule has 1 fully saturated rings. The summed E-state index contributed by atoms with van der Waals surface area (Å²) in [7, 11) is -3.64. The molecule has 5 nitrogen and oxygen atoms in total. The van der Waals surface area contributed by atoms with Crippen molar-refractivity contribution in [2.24, 2.45) is 5.73 Å². The van der Waals surface area contributed by atoms with Gasteiger partial charge in [0.25, 0.3) is 0 Å². The van der Waals surface area contributed by atoms with Crippen LogP contribution in [0.1, 0.15) is 19.3 Å². The third-order valence-electron chi connectivity index (χ3n) is 2.98. The molecule has 0 heterocycles. The molecule has 0 spiro atoms. The molecule has 0 bridgehead atoms. The van der Waals surface area contributed by atoms with Gasteiger partial charge in [-0.3, -0.25) is 5.41 Å². The van der Waals surface area contributed by atoms with E-state index in [1.165, 1.54) is 16.4 Å². The van der Waals surface area contributed by atoms with Crippen molar-refractivity contribution in [3.05, 3.63) is 30.1 Å². The minimum absolute atomic E-state index is 0.0191. The van der Waals surface area contributed by atoms with Crippen molar-refractivity contribution >= 4 is 15.9 Å². The van der Waals surface area contributed by atoms with Crippen molar-refractivity contribution in [1.82, 2.24) is 4.31 Å².